The maximum Gasteiger partial charge on any atom is 0.522 e. The molecule has 0 amide bonds. The SMILES string of the molecule is C/C=C/C(=C\C(C)=C\c1c(O)c(C)c(-c2ccccc2)oc1=O)COC(F)(F)F. The predicted molar refractivity (Wildman–Crippen MR) is 105 cm³/mol. The molecule has 1 N–H and O–H groups in total. The Morgan fingerprint density at radius 2 is 1.90 bits per heavy atom. The van der Waals surface area contributed by atoms with E-state index < -0.39 is 18.6 Å². The molecule has 29 heavy (non-hydrogen) atoms. The van der Waals surface area contributed by atoms with Gasteiger partial charge < -0.3 is 9.52 Å². The second-order valence-corrected chi connectivity index (χ2v) is 6.31. The fourth-order valence-corrected chi connectivity index (χ4v) is 2.70. The lowest BCUT2D eigenvalue weighted by Crippen LogP contribution is -2.15. The van der Waals surface area contributed by atoms with Crippen molar-refractivity contribution in [1.82, 2.24) is 0 Å². The van der Waals surface area contributed by atoms with Crippen molar-refractivity contribution < 1.29 is 27.4 Å². The van der Waals surface area contributed by atoms with Crippen molar-refractivity contribution in [3.8, 4) is 17.1 Å². The van der Waals surface area contributed by atoms with Crippen molar-refractivity contribution in [2.24, 2.45) is 0 Å². The summed E-state index contributed by atoms with van der Waals surface area (Å²) in [5, 5.41) is 10.5. The summed E-state index contributed by atoms with van der Waals surface area (Å²) in [6.07, 6.45) is 1.09. The number of ether oxygens (including phenoxy) is 1. The van der Waals surface area contributed by atoms with Crippen LogP contribution < -0.4 is 5.63 Å². The molecular weight excluding hydrogens is 385 g/mol. The van der Waals surface area contributed by atoms with Crippen LogP contribution in [0.5, 0.6) is 5.75 Å². The Hall–Kier alpha value is -3.06. The molecule has 154 valence electrons. The molecule has 7 heteroatoms. The van der Waals surface area contributed by atoms with E-state index in [0.717, 1.165) is 0 Å². The number of rotatable bonds is 6. The van der Waals surface area contributed by atoms with Crippen LogP contribution in [0.2, 0.25) is 0 Å². The minimum Gasteiger partial charge on any atom is -0.507 e. The third kappa shape index (κ3) is 6.22. The highest BCUT2D eigenvalue weighted by atomic mass is 19.4. The second kappa shape index (κ2) is 9.43. The molecular formula is C22H21F3O4. The average Bonchev–Trinajstić information content (AvgIpc) is 2.66. The quantitative estimate of drug-likeness (QED) is 0.620. The van der Waals surface area contributed by atoms with Crippen molar-refractivity contribution in [1.29, 1.82) is 0 Å². The molecule has 0 spiro atoms. The van der Waals surface area contributed by atoms with E-state index in [4.69, 9.17) is 4.42 Å². The Balaban J connectivity index is 2.42. The first-order valence-electron chi connectivity index (χ1n) is 8.76. The molecule has 0 unspecified atom stereocenters. The zero-order chi connectivity index (χ0) is 21.6. The fraction of sp³-hybridized carbons (Fsp3) is 0.227. The average molecular weight is 406 g/mol. The van der Waals surface area contributed by atoms with Gasteiger partial charge in [-0.15, -0.1) is 13.2 Å². The maximum absolute atomic E-state index is 12.4. The highest BCUT2D eigenvalue weighted by molar-refractivity contribution is 5.69. The number of hydrogen-bond donors (Lipinski definition) is 1. The Morgan fingerprint density at radius 1 is 1.24 bits per heavy atom. The normalized spacial score (nSPS) is 13.3. The van der Waals surface area contributed by atoms with Gasteiger partial charge in [-0.3, -0.25) is 4.74 Å². The molecule has 2 aromatic rings. The lowest BCUT2D eigenvalue weighted by atomic mass is 10.0. The summed E-state index contributed by atoms with van der Waals surface area (Å²) in [5.74, 6) is 0.0126. The Labute approximate surface area is 166 Å². The van der Waals surface area contributed by atoms with Gasteiger partial charge in [0.05, 0.1) is 6.61 Å². The van der Waals surface area contributed by atoms with Gasteiger partial charge in [0.25, 0.3) is 0 Å². The molecule has 0 aliphatic carbocycles. The van der Waals surface area contributed by atoms with Crippen molar-refractivity contribution in [3.05, 3.63) is 81.3 Å². The zero-order valence-electron chi connectivity index (χ0n) is 16.2. The Morgan fingerprint density at radius 3 is 2.48 bits per heavy atom. The van der Waals surface area contributed by atoms with Crippen LogP contribution in [0, 0.1) is 6.92 Å². The molecule has 0 saturated carbocycles. The third-order valence-corrected chi connectivity index (χ3v) is 3.97. The van der Waals surface area contributed by atoms with Crippen LogP contribution in [-0.2, 0) is 4.74 Å². The van der Waals surface area contributed by atoms with Crippen molar-refractivity contribution in [2.75, 3.05) is 6.61 Å². The van der Waals surface area contributed by atoms with Gasteiger partial charge in [0, 0.05) is 11.1 Å². The van der Waals surface area contributed by atoms with E-state index in [-0.39, 0.29) is 22.6 Å². The standard InChI is InChI=1S/C22H21F3O4/c1-4-8-16(13-28-22(23,24)25)11-14(2)12-18-19(26)15(3)20(29-21(18)27)17-9-6-5-7-10-17/h4-12,26H,13H2,1-3H3/b8-4+,14-12+,16-11+. The third-order valence-electron chi connectivity index (χ3n) is 3.97. The van der Waals surface area contributed by atoms with Gasteiger partial charge in [-0.1, -0.05) is 48.6 Å². The minimum atomic E-state index is -4.75. The molecule has 0 aliphatic rings. The van der Waals surface area contributed by atoms with Crippen LogP contribution in [0.25, 0.3) is 17.4 Å². The molecule has 0 fully saturated rings. The first-order valence-corrected chi connectivity index (χ1v) is 8.76. The number of halogens is 3. The predicted octanol–water partition coefficient (Wildman–Crippen LogP) is 5.76. The van der Waals surface area contributed by atoms with Crippen LogP contribution >= 0.6 is 0 Å². The van der Waals surface area contributed by atoms with E-state index in [1.165, 1.54) is 18.2 Å². The summed E-state index contributed by atoms with van der Waals surface area (Å²) in [4.78, 5) is 12.4. The smallest absolute Gasteiger partial charge is 0.507 e. The summed E-state index contributed by atoms with van der Waals surface area (Å²) in [5.41, 5.74) is 0.891. The van der Waals surface area contributed by atoms with Crippen LogP contribution in [0.4, 0.5) is 13.2 Å². The highest BCUT2D eigenvalue weighted by Crippen LogP contribution is 2.31. The number of aromatic hydroxyl groups is 1. The van der Waals surface area contributed by atoms with Gasteiger partial charge in [-0.25, -0.2) is 4.79 Å². The molecule has 2 rings (SSSR count). The Bertz CT molecular complexity index is 997. The van der Waals surface area contributed by atoms with Gasteiger partial charge in [0.1, 0.15) is 17.1 Å². The molecule has 0 bridgehead atoms. The van der Waals surface area contributed by atoms with Crippen LogP contribution in [0.3, 0.4) is 0 Å². The molecule has 0 aliphatic heterocycles. The molecule has 0 atom stereocenters. The molecule has 0 radical (unpaired) electrons. The monoisotopic (exact) mass is 406 g/mol. The highest BCUT2D eigenvalue weighted by Gasteiger charge is 2.29. The van der Waals surface area contributed by atoms with Crippen LogP contribution in [0.15, 0.2) is 68.9 Å². The van der Waals surface area contributed by atoms with Crippen molar-refractivity contribution >= 4 is 6.08 Å². The molecule has 1 heterocycles. The minimum absolute atomic E-state index is 0.0764. The maximum atomic E-state index is 12.4. The number of allylic oxidation sites excluding steroid dienone is 3. The van der Waals surface area contributed by atoms with E-state index in [1.807, 2.05) is 6.07 Å². The first kappa shape index (κ1) is 22.2. The topological polar surface area (TPSA) is 59.7 Å². The lowest BCUT2D eigenvalue weighted by Gasteiger charge is -2.10. The van der Waals surface area contributed by atoms with Gasteiger partial charge in [0.2, 0.25) is 0 Å². The van der Waals surface area contributed by atoms with Gasteiger partial charge in [0.15, 0.2) is 0 Å². The second-order valence-electron chi connectivity index (χ2n) is 6.31. The first-order chi connectivity index (χ1) is 13.6. The largest absolute Gasteiger partial charge is 0.522 e. The van der Waals surface area contributed by atoms with Gasteiger partial charge in [-0.2, -0.15) is 0 Å². The summed E-state index contributed by atoms with van der Waals surface area (Å²) < 4.78 is 46.1. The molecule has 4 nitrogen and oxygen atoms in total. The lowest BCUT2D eigenvalue weighted by molar-refractivity contribution is -0.320. The number of alkyl halides is 3. The summed E-state index contributed by atoms with van der Waals surface area (Å²) >= 11 is 0. The van der Waals surface area contributed by atoms with E-state index in [0.29, 0.717) is 16.7 Å². The number of hydrogen-bond acceptors (Lipinski definition) is 4. The summed E-state index contributed by atoms with van der Waals surface area (Å²) in [6, 6.07) is 8.87. The van der Waals surface area contributed by atoms with Crippen LogP contribution in [0.1, 0.15) is 25.0 Å². The zero-order valence-corrected chi connectivity index (χ0v) is 16.2. The van der Waals surface area contributed by atoms with Crippen molar-refractivity contribution in [2.45, 2.75) is 27.1 Å². The number of benzene rings is 1. The summed E-state index contributed by atoms with van der Waals surface area (Å²) in [7, 11) is 0. The van der Waals surface area contributed by atoms with E-state index in [2.05, 4.69) is 4.74 Å². The summed E-state index contributed by atoms with van der Waals surface area (Å²) in [6.45, 7) is 4.19. The van der Waals surface area contributed by atoms with Crippen molar-refractivity contribution in [3.63, 3.8) is 0 Å². The van der Waals surface area contributed by atoms with Gasteiger partial charge >= 0.3 is 12.0 Å². The molecule has 0 saturated heterocycles. The van der Waals surface area contributed by atoms with Crippen LogP contribution in [-0.4, -0.2) is 18.1 Å². The van der Waals surface area contributed by atoms with E-state index in [1.54, 1.807) is 51.1 Å². The Kier molecular flexibility index (Phi) is 7.23. The fourth-order valence-electron chi connectivity index (χ4n) is 2.70. The molecule has 1 aromatic heterocycles. The van der Waals surface area contributed by atoms with E-state index >= 15 is 0 Å². The molecule has 1 aromatic carbocycles. The van der Waals surface area contributed by atoms with E-state index in [9.17, 15) is 23.1 Å². The van der Waals surface area contributed by atoms with Gasteiger partial charge in [-0.05, 0) is 38.0 Å².